The summed E-state index contributed by atoms with van der Waals surface area (Å²) in [5.41, 5.74) is -0.267. The summed E-state index contributed by atoms with van der Waals surface area (Å²) < 4.78 is 50.7. The molecule has 3 rings (SSSR count). The zero-order valence-corrected chi connectivity index (χ0v) is 15.0. The van der Waals surface area contributed by atoms with Crippen LogP contribution in [0.25, 0.3) is 0 Å². The van der Waals surface area contributed by atoms with E-state index >= 15 is 0 Å². The number of morpholine rings is 1. The van der Waals surface area contributed by atoms with Gasteiger partial charge >= 0.3 is 12.3 Å². The van der Waals surface area contributed by atoms with Gasteiger partial charge in [-0.2, -0.15) is 13.2 Å². The van der Waals surface area contributed by atoms with E-state index in [1.165, 1.54) is 11.0 Å². The maximum atomic E-state index is 13.2. The molecule has 1 unspecified atom stereocenters. The molecule has 2 saturated heterocycles. The molecular weight excluding hydrogens is 365 g/mol. The van der Waals surface area contributed by atoms with Gasteiger partial charge in [0.05, 0.1) is 25.3 Å². The number of benzene rings is 1. The van der Waals surface area contributed by atoms with Gasteiger partial charge < -0.3 is 19.5 Å². The molecule has 0 saturated carbocycles. The smallest absolute Gasteiger partial charge is 0.416 e. The van der Waals surface area contributed by atoms with Crippen molar-refractivity contribution in [3.8, 4) is 5.75 Å². The van der Waals surface area contributed by atoms with Gasteiger partial charge in [0.2, 0.25) is 0 Å². The lowest BCUT2D eigenvalue weighted by atomic mass is 10.1. The van der Waals surface area contributed by atoms with Crippen molar-refractivity contribution in [2.45, 2.75) is 38.2 Å². The molecule has 0 spiro atoms. The van der Waals surface area contributed by atoms with E-state index in [0.29, 0.717) is 50.6 Å². The minimum Gasteiger partial charge on any atom is -0.488 e. The summed E-state index contributed by atoms with van der Waals surface area (Å²) in [7, 11) is 0. The molecule has 2 aliphatic rings. The molecular formula is C18H23F3N2O4. The van der Waals surface area contributed by atoms with Gasteiger partial charge in [-0.25, -0.2) is 4.79 Å². The lowest BCUT2D eigenvalue weighted by Gasteiger charge is -2.33. The van der Waals surface area contributed by atoms with Crippen molar-refractivity contribution >= 4 is 6.09 Å². The van der Waals surface area contributed by atoms with Crippen LogP contribution in [0.15, 0.2) is 18.2 Å². The second-order valence-corrected chi connectivity index (χ2v) is 6.97. The molecule has 2 heterocycles. The third kappa shape index (κ3) is 4.84. The van der Waals surface area contributed by atoms with Crippen molar-refractivity contribution in [2.24, 2.45) is 0 Å². The molecule has 1 aromatic carbocycles. The predicted molar refractivity (Wildman–Crippen MR) is 90.8 cm³/mol. The molecule has 150 valence electrons. The molecule has 2 aliphatic heterocycles. The zero-order chi connectivity index (χ0) is 19.6. The monoisotopic (exact) mass is 388 g/mol. The molecule has 2 atom stereocenters. The molecule has 0 bridgehead atoms. The van der Waals surface area contributed by atoms with Crippen molar-refractivity contribution < 1.29 is 32.5 Å². The lowest BCUT2D eigenvalue weighted by Crippen LogP contribution is -2.43. The Kier molecular flexibility index (Phi) is 5.81. The Hall–Kier alpha value is -2.00. The lowest BCUT2D eigenvalue weighted by molar-refractivity contribution is -0.137. The fourth-order valence-corrected chi connectivity index (χ4v) is 3.39. The van der Waals surface area contributed by atoms with Gasteiger partial charge in [0.1, 0.15) is 11.9 Å². The highest BCUT2D eigenvalue weighted by molar-refractivity contribution is 5.65. The number of likely N-dealkylation sites (tertiary alicyclic amines) is 1. The average Bonchev–Trinajstić information content (AvgIpc) is 3.06. The van der Waals surface area contributed by atoms with Crippen molar-refractivity contribution in [1.29, 1.82) is 0 Å². The highest BCUT2D eigenvalue weighted by Gasteiger charge is 2.33. The summed E-state index contributed by atoms with van der Waals surface area (Å²) in [6.45, 7) is 4.56. The first-order valence-corrected chi connectivity index (χ1v) is 8.90. The largest absolute Gasteiger partial charge is 0.488 e. The number of carboxylic acid groups (broad SMARTS) is 1. The van der Waals surface area contributed by atoms with E-state index in [1.807, 2.05) is 6.92 Å². The number of alkyl halides is 3. The molecule has 2 fully saturated rings. The number of ether oxygens (including phenoxy) is 2. The van der Waals surface area contributed by atoms with E-state index in [9.17, 15) is 18.0 Å². The third-order valence-electron chi connectivity index (χ3n) is 4.98. The van der Waals surface area contributed by atoms with E-state index in [4.69, 9.17) is 14.6 Å². The number of amides is 1. The summed E-state index contributed by atoms with van der Waals surface area (Å²) in [6, 6.07) is 3.56. The zero-order valence-electron chi connectivity index (χ0n) is 15.0. The van der Waals surface area contributed by atoms with Crippen molar-refractivity contribution in [3.63, 3.8) is 0 Å². The Labute approximate surface area is 155 Å². The number of hydrogen-bond donors (Lipinski definition) is 1. The molecule has 27 heavy (non-hydrogen) atoms. The average molecular weight is 388 g/mol. The first kappa shape index (κ1) is 19.8. The molecule has 1 aromatic rings. The van der Waals surface area contributed by atoms with Crippen LogP contribution < -0.4 is 4.74 Å². The topological polar surface area (TPSA) is 62.2 Å². The van der Waals surface area contributed by atoms with Gasteiger partial charge in [0.25, 0.3) is 0 Å². The Bertz CT molecular complexity index is 683. The standard InChI is InChI=1S/C18H23F3N2O4/c1-12-11-26-7-6-22(12)9-13-8-14(18(19,20)21)2-3-16(13)27-15-4-5-23(10-15)17(24)25/h2-3,8,12,15H,4-7,9-11H2,1H3,(H,24,25)/t12-,15?/m0/s1. The maximum Gasteiger partial charge on any atom is 0.416 e. The van der Waals surface area contributed by atoms with Gasteiger partial charge in [-0.15, -0.1) is 0 Å². The molecule has 1 N–H and O–H groups in total. The minimum absolute atomic E-state index is 0.0927. The van der Waals surface area contributed by atoms with Crippen LogP contribution in [0.5, 0.6) is 5.75 Å². The SMILES string of the molecule is C[C@H]1COCCN1Cc1cc(C(F)(F)F)ccc1OC1CCN(C(=O)O)C1. The fraction of sp³-hybridized carbons (Fsp3) is 0.611. The number of halogens is 3. The molecule has 0 aromatic heterocycles. The Morgan fingerprint density at radius 3 is 2.78 bits per heavy atom. The number of hydrogen-bond acceptors (Lipinski definition) is 4. The fourth-order valence-electron chi connectivity index (χ4n) is 3.39. The number of rotatable bonds is 4. The summed E-state index contributed by atoms with van der Waals surface area (Å²) in [5.74, 6) is 0.374. The van der Waals surface area contributed by atoms with E-state index < -0.39 is 17.8 Å². The highest BCUT2D eigenvalue weighted by atomic mass is 19.4. The first-order valence-electron chi connectivity index (χ1n) is 8.90. The number of carbonyl (C=O) groups is 1. The number of nitrogens with zero attached hydrogens (tertiary/aromatic N) is 2. The summed E-state index contributed by atoms with van der Waals surface area (Å²) in [5, 5.41) is 9.05. The van der Waals surface area contributed by atoms with Crippen LogP contribution in [0.1, 0.15) is 24.5 Å². The first-order chi connectivity index (χ1) is 12.7. The van der Waals surface area contributed by atoms with Gasteiger partial charge in [0.15, 0.2) is 0 Å². The van der Waals surface area contributed by atoms with Crippen LogP contribution in [0.4, 0.5) is 18.0 Å². The van der Waals surface area contributed by atoms with E-state index in [2.05, 4.69) is 4.90 Å². The van der Waals surface area contributed by atoms with E-state index in [-0.39, 0.29) is 18.7 Å². The molecule has 1 amide bonds. The Morgan fingerprint density at radius 1 is 1.37 bits per heavy atom. The van der Waals surface area contributed by atoms with Crippen molar-refractivity contribution in [2.75, 3.05) is 32.8 Å². The summed E-state index contributed by atoms with van der Waals surface area (Å²) in [4.78, 5) is 14.4. The second kappa shape index (κ2) is 7.93. The minimum atomic E-state index is -4.43. The Morgan fingerprint density at radius 2 is 2.15 bits per heavy atom. The third-order valence-corrected chi connectivity index (χ3v) is 4.98. The van der Waals surface area contributed by atoms with Crippen LogP contribution in [-0.2, 0) is 17.5 Å². The molecule has 0 aliphatic carbocycles. The van der Waals surface area contributed by atoms with Crippen molar-refractivity contribution in [1.82, 2.24) is 9.80 Å². The molecule has 9 heteroatoms. The summed E-state index contributed by atoms with van der Waals surface area (Å²) in [6.07, 6.45) is -5.30. The van der Waals surface area contributed by atoms with E-state index in [0.717, 1.165) is 12.1 Å². The normalized spacial score (nSPS) is 24.2. The highest BCUT2D eigenvalue weighted by Crippen LogP contribution is 2.34. The van der Waals surface area contributed by atoms with Gasteiger partial charge in [0, 0.05) is 37.7 Å². The van der Waals surface area contributed by atoms with Crippen LogP contribution in [0.3, 0.4) is 0 Å². The van der Waals surface area contributed by atoms with Gasteiger partial charge in [-0.1, -0.05) is 0 Å². The van der Waals surface area contributed by atoms with Crippen LogP contribution >= 0.6 is 0 Å². The van der Waals surface area contributed by atoms with Gasteiger partial charge in [-0.3, -0.25) is 4.90 Å². The maximum absolute atomic E-state index is 13.2. The molecule has 0 radical (unpaired) electrons. The predicted octanol–water partition coefficient (Wildman–Crippen LogP) is 3.06. The molecule has 6 nitrogen and oxygen atoms in total. The van der Waals surface area contributed by atoms with E-state index in [1.54, 1.807) is 0 Å². The summed E-state index contributed by atoms with van der Waals surface area (Å²) >= 11 is 0. The van der Waals surface area contributed by atoms with Crippen LogP contribution in [0, 0.1) is 0 Å². The van der Waals surface area contributed by atoms with Crippen molar-refractivity contribution in [3.05, 3.63) is 29.3 Å². The Balaban J connectivity index is 1.80. The van der Waals surface area contributed by atoms with Crippen LogP contribution in [-0.4, -0.2) is 66.0 Å². The quantitative estimate of drug-likeness (QED) is 0.859. The van der Waals surface area contributed by atoms with Crippen LogP contribution in [0.2, 0.25) is 0 Å². The second-order valence-electron chi connectivity index (χ2n) is 6.97. The van der Waals surface area contributed by atoms with Gasteiger partial charge in [-0.05, 0) is 25.1 Å².